The molecule has 3 rings (SSSR count). The molecule has 1 heterocycles. The van der Waals surface area contributed by atoms with E-state index in [1.165, 1.54) is 11.8 Å². The summed E-state index contributed by atoms with van der Waals surface area (Å²) in [6.07, 6.45) is 3.99. The van der Waals surface area contributed by atoms with Gasteiger partial charge in [-0.25, -0.2) is 4.98 Å². The van der Waals surface area contributed by atoms with E-state index < -0.39 is 0 Å². The maximum absolute atomic E-state index is 12.9. The molecular formula is C23H21Cl2N3OS. The molecule has 2 aromatic carbocycles. The number of aromatic nitrogens is 1. The fraction of sp³-hybridized carbons (Fsp3) is 0.174. The number of thioether (sulfide) groups is 1. The number of aliphatic imine (C=N–C) groups is 1. The van der Waals surface area contributed by atoms with Gasteiger partial charge in [0.2, 0.25) is 5.91 Å². The molecular weight excluding hydrogens is 437 g/mol. The lowest BCUT2D eigenvalue weighted by atomic mass is 10.2. The van der Waals surface area contributed by atoms with Crippen LogP contribution in [0.2, 0.25) is 10.2 Å². The number of para-hydroxylation sites is 1. The highest BCUT2D eigenvalue weighted by Crippen LogP contribution is 2.34. The van der Waals surface area contributed by atoms with Gasteiger partial charge in [-0.1, -0.05) is 48.3 Å². The highest BCUT2D eigenvalue weighted by molar-refractivity contribution is 8.00. The Balaban J connectivity index is 1.78. The molecule has 7 heteroatoms. The number of nitrogens with zero attached hydrogens (tertiary/aromatic N) is 2. The third-order valence-electron chi connectivity index (χ3n) is 4.45. The van der Waals surface area contributed by atoms with Crippen molar-refractivity contribution in [2.45, 2.75) is 30.4 Å². The van der Waals surface area contributed by atoms with E-state index in [0.717, 1.165) is 27.4 Å². The number of pyridine rings is 1. The first-order chi connectivity index (χ1) is 14.5. The summed E-state index contributed by atoms with van der Waals surface area (Å²) >= 11 is 13.8. The number of benzene rings is 2. The molecule has 0 bridgehead atoms. The summed E-state index contributed by atoms with van der Waals surface area (Å²) in [4.78, 5) is 22.5. The van der Waals surface area contributed by atoms with Gasteiger partial charge in [0.25, 0.3) is 0 Å². The van der Waals surface area contributed by atoms with Crippen molar-refractivity contribution in [1.29, 1.82) is 0 Å². The van der Waals surface area contributed by atoms with Crippen molar-refractivity contribution >= 4 is 58.5 Å². The minimum atomic E-state index is -0.276. The molecule has 4 nitrogen and oxygen atoms in total. The molecule has 3 aromatic rings. The second-order valence-corrected chi connectivity index (χ2v) is 8.54. The lowest BCUT2D eigenvalue weighted by Crippen LogP contribution is -2.25. The number of carbonyl (C=O) groups is 1. The van der Waals surface area contributed by atoms with E-state index in [9.17, 15) is 4.79 Å². The summed E-state index contributed by atoms with van der Waals surface area (Å²) < 4.78 is 0. The van der Waals surface area contributed by atoms with E-state index in [2.05, 4.69) is 15.3 Å². The molecule has 0 aliphatic heterocycles. The standard InChI is InChI=1S/C23H21Cl2N3OS/c1-3-20(23(29)28-18-11-6-9-17(24)15(18)2)30-21-12-5-4-10-19(21)27-14-16-8-7-13-26-22(16)25/h4-14,20H,3H2,1-2H3,(H,28,29)/t20-/m0/s1. The van der Waals surface area contributed by atoms with Gasteiger partial charge >= 0.3 is 0 Å². The Morgan fingerprint density at radius 2 is 1.97 bits per heavy atom. The van der Waals surface area contributed by atoms with Crippen molar-refractivity contribution in [1.82, 2.24) is 4.98 Å². The van der Waals surface area contributed by atoms with Crippen LogP contribution in [0.4, 0.5) is 11.4 Å². The lowest BCUT2D eigenvalue weighted by molar-refractivity contribution is -0.115. The number of hydrogen-bond acceptors (Lipinski definition) is 4. The first-order valence-corrected chi connectivity index (χ1v) is 11.1. The molecule has 1 atom stereocenters. The van der Waals surface area contributed by atoms with Crippen LogP contribution in [0, 0.1) is 6.92 Å². The Morgan fingerprint density at radius 3 is 2.73 bits per heavy atom. The van der Waals surface area contributed by atoms with Crippen molar-refractivity contribution in [2.75, 3.05) is 5.32 Å². The number of anilines is 1. The summed E-state index contributed by atoms with van der Waals surface area (Å²) in [5, 5.41) is 3.75. The number of carbonyl (C=O) groups excluding carboxylic acids is 1. The smallest absolute Gasteiger partial charge is 0.237 e. The molecule has 0 radical (unpaired) electrons. The SMILES string of the molecule is CC[C@H](Sc1ccccc1N=Cc1cccnc1Cl)C(=O)Nc1cccc(Cl)c1C. The molecule has 0 unspecified atom stereocenters. The van der Waals surface area contributed by atoms with Gasteiger partial charge in [-0.05, 0) is 55.3 Å². The average molecular weight is 458 g/mol. The number of hydrogen-bond donors (Lipinski definition) is 1. The number of halogens is 2. The van der Waals surface area contributed by atoms with Gasteiger partial charge < -0.3 is 5.32 Å². The van der Waals surface area contributed by atoms with Crippen molar-refractivity contribution < 1.29 is 4.79 Å². The van der Waals surface area contributed by atoms with Gasteiger partial charge in [-0.2, -0.15) is 0 Å². The molecule has 0 aliphatic rings. The van der Waals surface area contributed by atoms with Crippen molar-refractivity contribution in [3.63, 3.8) is 0 Å². The summed E-state index contributed by atoms with van der Waals surface area (Å²) in [5.74, 6) is -0.0676. The van der Waals surface area contributed by atoms with Gasteiger partial charge in [-0.3, -0.25) is 9.79 Å². The van der Waals surface area contributed by atoms with E-state index in [4.69, 9.17) is 23.2 Å². The Kier molecular flexibility index (Phi) is 7.91. The minimum Gasteiger partial charge on any atom is -0.325 e. The van der Waals surface area contributed by atoms with Crippen LogP contribution >= 0.6 is 35.0 Å². The molecule has 0 spiro atoms. The van der Waals surface area contributed by atoms with Crippen molar-refractivity contribution in [3.05, 3.63) is 82.1 Å². The van der Waals surface area contributed by atoms with Gasteiger partial charge in [0.1, 0.15) is 5.15 Å². The number of amides is 1. The summed E-state index contributed by atoms with van der Waals surface area (Å²) in [5.41, 5.74) is 3.09. The number of rotatable bonds is 7. The average Bonchev–Trinajstić information content (AvgIpc) is 2.75. The van der Waals surface area contributed by atoms with Crippen LogP contribution in [-0.4, -0.2) is 22.4 Å². The van der Waals surface area contributed by atoms with E-state index in [1.807, 2.05) is 62.4 Å². The third kappa shape index (κ3) is 5.63. The molecule has 0 aliphatic carbocycles. The van der Waals surface area contributed by atoms with Crippen LogP contribution in [0.1, 0.15) is 24.5 Å². The largest absolute Gasteiger partial charge is 0.325 e. The Morgan fingerprint density at radius 1 is 1.17 bits per heavy atom. The van der Waals surface area contributed by atoms with Gasteiger partial charge in [0.15, 0.2) is 0 Å². The molecule has 1 aromatic heterocycles. The molecule has 0 saturated carbocycles. The summed E-state index contributed by atoms with van der Waals surface area (Å²) in [6, 6.07) is 16.9. The van der Waals surface area contributed by atoms with Crippen LogP contribution in [0.3, 0.4) is 0 Å². The lowest BCUT2D eigenvalue weighted by Gasteiger charge is -2.17. The van der Waals surface area contributed by atoms with E-state index >= 15 is 0 Å². The number of nitrogens with one attached hydrogen (secondary N) is 1. The predicted octanol–water partition coefficient (Wildman–Crippen LogP) is 6.96. The minimum absolute atomic E-state index is 0.0676. The third-order valence-corrected chi connectivity index (χ3v) is 6.61. The van der Waals surface area contributed by atoms with Gasteiger partial charge in [0, 0.05) is 33.6 Å². The van der Waals surface area contributed by atoms with E-state index in [0.29, 0.717) is 16.6 Å². The summed E-state index contributed by atoms with van der Waals surface area (Å²) in [6.45, 7) is 3.88. The fourth-order valence-corrected chi connectivity index (χ4v) is 4.11. The molecule has 0 fully saturated rings. The zero-order valence-corrected chi connectivity index (χ0v) is 18.9. The Hall–Kier alpha value is -2.34. The van der Waals surface area contributed by atoms with E-state index in [1.54, 1.807) is 18.5 Å². The molecule has 0 saturated heterocycles. The predicted molar refractivity (Wildman–Crippen MR) is 128 cm³/mol. The zero-order chi connectivity index (χ0) is 21.5. The molecule has 1 amide bonds. The zero-order valence-electron chi connectivity index (χ0n) is 16.6. The van der Waals surface area contributed by atoms with Crippen LogP contribution in [0.25, 0.3) is 0 Å². The quantitative estimate of drug-likeness (QED) is 0.237. The van der Waals surface area contributed by atoms with Gasteiger partial charge in [-0.15, -0.1) is 11.8 Å². The fourth-order valence-electron chi connectivity index (χ4n) is 2.73. The van der Waals surface area contributed by atoms with Crippen molar-refractivity contribution in [3.8, 4) is 0 Å². The van der Waals surface area contributed by atoms with E-state index in [-0.39, 0.29) is 11.2 Å². The van der Waals surface area contributed by atoms with Crippen LogP contribution in [0.15, 0.2) is 70.7 Å². The molecule has 30 heavy (non-hydrogen) atoms. The van der Waals surface area contributed by atoms with Crippen LogP contribution < -0.4 is 5.32 Å². The Labute approximate surface area is 190 Å². The second kappa shape index (κ2) is 10.6. The highest BCUT2D eigenvalue weighted by atomic mass is 35.5. The van der Waals surface area contributed by atoms with Gasteiger partial charge in [0.05, 0.1) is 10.9 Å². The normalized spacial score (nSPS) is 12.1. The second-order valence-electron chi connectivity index (χ2n) is 6.53. The van der Waals surface area contributed by atoms with Crippen molar-refractivity contribution in [2.24, 2.45) is 4.99 Å². The molecule has 1 N–H and O–H groups in total. The maximum atomic E-state index is 12.9. The van der Waals surface area contributed by atoms with Crippen LogP contribution in [-0.2, 0) is 4.79 Å². The topological polar surface area (TPSA) is 54.4 Å². The maximum Gasteiger partial charge on any atom is 0.237 e. The molecule has 154 valence electrons. The Bertz CT molecular complexity index is 1070. The highest BCUT2D eigenvalue weighted by Gasteiger charge is 2.20. The first-order valence-electron chi connectivity index (χ1n) is 9.45. The van der Waals surface area contributed by atoms with Crippen LogP contribution in [0.5, 0.6) is 0 Å². The monoisotopic (exact) mass is 457 g/mol. The summed E-state index contributed by atoms with van der Waals surface area (Å²) in [7, 11) is 0. The first kappa shape index (κ1) is 22.3.